The molecule has 1 saturated carbocycles. The minimum absolute atomic E-state index is 0.0172. The zero-order chi connectivity index (χ0) is 21.0. The van der Waals surface area contributed by atoms with E-state index in [1.807, 2.05) is 12.1 Å². The van der Waals surface area contributed by atoms with Gasteiger partial charge in [0.05, 0.1) is 11.4 Å². The third-order valence-corrected chi connectivity index (χ3v) is 6.51. The van der Waals surface area contributed by atoms with E-state index in [9.17, 15) is 9.59 Å². The largest absolute Gasteiger partial charge is 0.370 e. The van der Waals surface area contributed by atoms with Gasteiger partial charge in [-0.05, 0) is 55.9 Å². The van der Waals surface area contributed by atoms with Gasteiger partial charge in [0.25, 0.3) is 0 Å². The Hall–Kier alpha value is -3.02. The van der Waals surface area contributed by atoms with E-state index < -0.39 is 5.91 Å². The van der Waals surface area contributed by atoms with Crippen LogP contribution in [0.25, 0.3) is 0 Å². The van der Waals surface area contributed by atoms with Crippen molar-refractivity contribution in [3.8, 4) is 0 Å². The maximum atomic E-state index is 12.8. The summed E-state index contributed by atoms with van der Waals surface area (Å²) in [5, 5.41) is 6.04. The Morgan fingerprint density at radius 1 is 0.967 bits per heavy atom. The van der Waals surface area contributed by atoms with E-state index in [0.717, 1.165) is 44.5 Å². The molecule has 0 unspecified atom stereocenters. The molecule has 6 heteroatoms. The van der Waals surface area contributed by atoms with Crippen molar-refractivity contribution in [2.75, 3.05) is 29.9 Å². The van der Waals surface area contributed by atoms with E-state index in [1.165, 1.54) is 18.4 Å². The van der Waals surface area contributed by atoms with Gasteiger partial charge in [-0.25, -0.2) is 4.79 Å². The number of anilines is 2. The number of hydrogen-bond donors (Lipinski definition) is 3. The van der Waals surface area contributed by atoms with E-state index in [-0.39, 0.29) is 11.4 Å². The van der Waals surface area contributed by atoms with Crippen molar-refractivity contribution in [1.82, 2.24) is 5.32 Å². The molecule has 3 amide bonds. The zero-order valence-corrected chi connectivity index (χ0v) is 17.3. The van der Waals surface area contributed by atoms with Crippen LogP contribution in [0.15, 0.2) is 48.5 Å². The highest BCUT2D eigenvalue weighted by molar-refractivity contribution is 5.99. The first-order valence-electron chi connectivity index (χ1n) is 10.9. The lowest BCUT2D eigenvalue weighted by Crippen LogP contribution is -2.46. The lowest BCUT2D eigenvalue weighted by Gasteiger charge is -2.42. The van der Waals surface area contributed by atoms with Gasteiger partial charge in [0, 0.05) is 30.6 Å². The molecular formula is C24H30N4O2. The standard InChI is InChI=1S/C24H30N4O2/c25-22(29)18-10-11-21(28-14-5-2-6-15-28)20(16-18)27-23(30)26-17-24(12-7-13-24)19-8-3-1-4-9-19/h1,3-4,8-11,16H,2,5-7,12-15,17H2,(H2,25,29)(H2,26,27,30). The Kier molecular flexibility index (Phi) is 5.93. The first-order chi connectivity index (χ1) is 14.6. The second kappa shape index (κ2) is 8.78. The second-order valence-electron chi connectivity index (χ2n) is 8.45. The third kappa shape index (κ3) is 4.27. The van der Waals surface area contributed by atoms with Gasteiger partial charge in [0.2, 0.25) is 5.91 Å². The molecule has 6 nitrogen and oxygen atoms in total. The number of nitrogens with two attached hydrogens (primary N) is 1. The fraction of sp³-hybridized carbons (Fsp3) is 0.417. The molecule has 1 saturated heterocycles. The smallest absolute Gasteiger partial charge is 0.319 e. The summed E-state index contributed by atoms with van der Waals surface area (Å²) in [5.41, 5.74) is 8.73. The molecule has 2 aliphatic rings. The third-order valence-electron chi connectivity index (χ3n) is 6.51. The highest BCUT2D eigenvalue weighted by atomic mass is 16.2. The monoisotopic (exact) mass is 406 g/mol. The molecule has 0 radical (unpaired) electrons. The molecule has 4 N–H and O–H groups in total. The molecule has 1 aliphatic carbocycles. The second-order valence-corrected chi connectivity index (χ2v) is 8.45. The molecule has 4 rings (SSSR count). The highest BCUT2D eigenvalue weighted by Gasteiger charge is 2.38. The van der Waals surface area contributed by atoms with Crippen LogP contribution < -0.4 is 21.3 Å². The number of hydrogen-bond acceptors (Lipinski definition) is 3. The number of nitrogens with one attached hydrogen (secondary N) is 2. The summed E-state index contributed by atoms with van der Waals surface area (Å²) in [5.74, 6) is -0.499. The number of carbonyl (C=O) groups excluding carboxylic acids is 2. The maximum absolute atomic E-state index is 12.8. The van der Waals surface area contributed by atoms with Crippen LogP contribution in [0.5, 0.6) is 0 Å². The lowest BCUT2D eigenvalue weighted by molar-refractivity contribution is 0.100. The van der Waals surface area contributed by atoms with E-state index in [4.69, 9.17) is 5.73 Å². The van der Waals surface area contributed by atoms with Gasteiger partial charge < -0.3 is 21.3 Å². The summed E-state index contributed by atoms with van der Waals surface area (Å²) in [6.07, 6.45) is 6.81. The summed E-state index contributed by atoms with van der Waals surface area (Å²) >= 11 is 0. The molecule has 0 aromatic heterocycles. The molecule has 158 valence electrons. The summed E-state index contributed by atoms with van der Waals surface area (Å²) in [6.45, 7) is 2.49. The van der Waals surface area contributed by atoms with Crippen LogP contribution in [0, 0.1) is 0 Å². The minimum Gasteiger partial charge on any atom is -0.370 e. The van der Waals surface area contributed by atoms with Crippen molar-refractivity contribution in [2.45, 2.75) is 43.9 Å². The Morgan fingerprint density at radius 2 is 1.70 bits per heavy atom. The number of rotatable bonds is 6. The highest BCUT2D eigenvalue weighted by Crippen LogP contribution is 2.43. The number of nitrogens with zero attached hydrogens (tertiary/aromatic N) is 1. The van der Waals surface area contributed by atoms with Crippen LogP contribution in [0.2, 0.25) is 0 Å². The quantitative estimate of drug-likeness (QED) is 0.677. The average Bonchev–Trinajstić information content (AvgIpc) is 2.74. The first-order valence-corrected chi connectivity index (χ1v) is 10.9. The van der Waals surface area contributed by atoms with Crippen molar-refractivity contribution in [3.63, 3.8) is 0 Å². The van der Waals surface area contributed by atoms with Gasteiger partial charge in [0.1, 0.15) is 0 Å². The maximum Gasteiger partial charge on any atom is 0.319 e. The normalized spacial score (nSPS) is 17.7. The zero-order valence-electron chi connectivity index (χ0n) is 17.3. The Labute approximate surface area is 177 Å². The Morgan fingerprint density at radius 3 is 2.33 bits per heavy atom. The number of piperidine rings is 1. The van der Waals surface area contributed by atoms with Crippen molar-refractivity contribution >= 4 is 23.3 Å². The van der Waals surface area contributed by atoms with Crippen LogP contribution in [0.4, 0.5) is 16.2 Å². The van der Waals surface area contributed by atoms with E-state index in [0.29, 0.717) is 17.8 Å². The van der Waals surface area contributed by atoms with E-state index >= 15 is 0 Å². The average molecular weight is 407 g/mol. The van der Waals surface area contributed by atoms with Crippen LogP contribution in [-0.2, 0) is 5.41 Å². The summed E-state index contributed by atoms with van der Waals surface area (Å²) < 4.78 is 0. The summed E-state index contributed by atoms with van der Waals surface area (Å²) in [4.78, 5) is 26.7. The van der Waals surface area contributed by atoms with Crippen LogP contribution in [0.3, 0.4) is 0 Å². The number of urea groups is 1. The molecular weight excluding hydrogens is 376 g/mol. The molecule has 0 atom stereocenters. The Bertz CT molecular complexity index is 903. The fourth-order valence-electron chi connectivity index (χ4n) is 4.58. The predicted molar refractivity (Wildman–Crippen MR) is 120 cm³/mol. The van der Waals surface area contributed by atoms with Crippen molar-refractivity contribution < 1.29 is 9.59 Å². The number of benzene rings is 2. The van der Waals surface area contributed by atoms with Crippen LogP contribution in [-0.4, -0.2) is 31.6 Å². The van der Waals surface area contributed by atoms with Gasteiger partial charge in [-0.1, -0.05) is 36.8 Å². The summed E-state index contributed by atoms with van der Waals surface area (Å²) in [7, 11) is 0. The lowest BCUT2D eigenvalue weighted by atomic mass is 9.64. The fourth-order valence-corrected chi connectivity index (χ4v) is 4.58. The topological polar surface area (TPSA) is 87.5 Å². The SMILES string of the molecule is NC(=O)c1ccc(N2CCCCC2)c(NC(=O)NCC2(c3ccccc3)CCC2)c1. The summed E-state index contributed by atoms with van der Waals surface area (Å²) in [6, 6.07) is 15.5. The number of primary amides is 1. The number of carbonyl (C=O) groups is 2. The molecule has 30 heavy (non-hydrogen) atoms. The molecule has 1 heterocycles. The molecule has 0 bridgehead atoms. The Balaban J connectivity index is 1.48. The van der Waals surface area contributed by atoms with Crippen molar-refractivity contribution in [3.05, 3.63) is 59.7 Å². The van der Waals surface area contributed by atoms with E-state index in [1.54, 1.807) is 12.1 Å². The van der Waals surface area contributed by atoms with Gasteiger partial charge in [-0.3, -0.25) is 4.79 Å². The van der Waals surface area contributed by atoms with Crippen molar-refractivity contribution in [2.24, 2.45) is 5.73 Å². The van der Waals surface area contributed by atoms with Crippen LogP contribution >= 0.6 is 0 Å². The van der Waals surface area contributed by atoms with Gasteiger partial charge in [-0.2, -0.15) is 0 Å². The molecule has 2 aromatic rings. The predicted octanol–water partition coefficient (Wildman–Crippen LogP) is 4.02. The molecule has 2 fully saturated rings. The van der Waals surface area contributed by atoms with Gasteiger partial charge >= 0.3 is 6.03 Å². The molecule has 0 spiro atoms. The first kappa shape index (κ1) is 20.3. The molecule has 2 aromatic carbocycles. The van der Waals surface area contributed by atoms with E-state index in [2.05, 4.69) is 39.8 Å². The number of amides is 3. The van der Waals surface area contributed by atoms with Gasteiger partial charge in [-0.15, -0.1) is 0 Å². The van der Waals surface area contributed by atoms with Gasteiger partial charge in [0.15, 0.2) is 0 Å². The molecule has 1 aliphatic heterocycles. The van der Waals surface area contributed by atoms with Crippen LogP contribution in [0.1, 0.15) is 54.4 Å². The minimum atomic E-state index is -0.499. The van der Waals surface area contributed by atoms with Crippen molar-refractivity contribution in [1.29, 1.82) is 0 Å².